The molecule has 2 aliphatic rings. The number of nitrogens with zero attached hydrogens (tertiary/aromatic N) is 1. The molecule has 1 aromatic rings. The van der Waals surface area contributed by atoms with Crippen LogP contribution >= 0.6 is 8.25 Å². The molecular formula is C20H26N2O7P+. The van der Waals surface area contributed by atoms with Crippen LogP contribution in [-0.2, 0) is 23.4 Å². The first-order valence-electron chi connectivity index (χ1n) is 9.55. The Labute approximate surface area is 176 Å². The van der Waals surface area contributed by atoms with Crippen molar-refractivity contribution in [2.45, 2.75) is 50.9 Å². The van der Waals surface area contributed by atoms with E-state index in [0.29, 0.717) is 24.2 Å². The maximum Gasteiger partial charge on any atom is 0.750 e. The molecule has 1 amide bonds. The van der Waals surface area contributed by atoms with Gasteiger partial charge in [0.05, 0.1) is 6.10 Å². The third-order valence-corrected chi connectivity index (χ3v) is 5.12. The van der Waals surface area contributed by atoms with E-state index >= 15 is 0 Å². The standard InChI is InChI=1S/C20H25N2O7P/c1-20(2,24)28-17-11-16(13-26-30(25)29-15-8-4-3-5-9-15)27-19(17)22-10-6-7-14(12-22)18(21)23/h3-6,8-10,12,16-17,19,24H,7,11,13H2,1-2H3,(H-,21,23)/p+1/t16?,17?,19-/m1/s1. The monoisotopic (exact) mass is 437 g/mol. The fourth-order valence-electron chi connectivity index (χ4n) is 3.20. The Bertz CT molecular complexity index is 822. The molecule has 3 rings (SSSR count). The van der Waals surface area contributed by atoms with Gasteiger partial charge in [-0.25, -0.2) is 4.52 Å². The van der Waals surface area contributed by atoms with Gasteiger partial charge < -0.3 is 25.2 Å². The van der Waals surface area contributed by atoms with Gasteiger partial charge in [-0.05, 0) is 32.4 Å². The van der Waals surface area contributed by atoms with Crippen molar-refractivity contribution in [1.29, 1.82) is 0 Å². The SMILES string of the molecule is CC(C)(O)OC1CC(CO[P+](=O)Oc2ccccc2)O[C@H]1N1C=CCC(C(N)=O)=C1. The molecule has 3 unspecified atom stereocenters. The van der Waals surface area contributed by atoms with Crippen molar-refractivity contribution < 1.29 is 33.0 Å². The Morgan fingerprint density at radius 2 is 2.10 bits per heavy atom. The van der Waals surface area contributed by atoms with Crippen molar-refractivity contribution in [1.82, 2.24) is 4.90 Å². The van der Waals surface area contributed by atoms with Crippen LogP contribution in [0.25, 0.3) is 0 Å². The normalized spacial score (nSPS) is 24.5. The van der Waals surface area contributed by atoms with E-state index in [9.17, 15) is 14.5 Å². The fourth-order valence-corrected chi connectivity index (χ4v) is 3.83. The minimum absolute atomic E-state index is 0.00813. The molecule has 30 heavy (non-hydrogen) atoms. The van der Waals surface area contributed by atoms with Gasteiger partial charge in [-0.1, -0.05) is 24.3 Å². The van der Waals surface area contributed by atoms with Crippen molar-refractivity contribution in [2.24, 2.45) is 5.73 Å². The maximum absolute atomic E-state index is 12.1. The maximum atomic E-state index is 12.1. The first kappa shape index (κ1) is 22.4. The third kappa shape index (κ3) is 6.35. The van der Waals surface area contributed by atoms with Gasteiger partial charge in [-0.3, -0.25) is 4.79 Å². The Kier molecular flexibility index (Phi) is 7.23. The summed E-state index contributed by atoms with van der Waals surface area (Å²) >= 11 is 0. The van der Waals surface area contributed by atoms with Crippen LogP contribution in [0.4, 0.5) is 0 Å². The van der Waals surface area contributed by atoms with Crippen LogP contribution in [0.2, 0.25) is 0 Å². The summed E-state index contributed by atoms with van der Waals surface area (Å²) in [4.78, 5) is 13.2. The van der Waals surface area contributed by atoms with Gasteiger partial charge in [-0.15, -0.1) is 4.52 Å². The molecule has 2 aliphatic heterocycles. The largest absolute Gasteiger partial charge is 0.750 e. The van der Waals surface area contributed by atoms with Gasteiger partial charge in [0.15, 0.2) is 17.8 Å². The number of primary amides is 1. The predicted molar refractivity (Wildman–Crippen MR) is 108 cm³/mol. The number of benzene rings is 1. The summed E-state index contributed by atoms with van der Waals surface area (Å²) in [6, 6.07) is 8.71. The number of allylic oxidation sites excluding steroid dienone is 1. The predicted octanol–water partition coefficient (Wildman–Crippen LogP) is 2.56. The molecule has 0 radical (unpaired) electrons. The summed E-state index contributed by atoms with van der Waals surface area (Å²) in [7, 11) is -2.38. The van der Waals surface area contributed by atoms with E-state index in [-0.39, 0.29) is 6.61 Å². The van der Waals surface area contributed by atoms with E-state index in [2.05, 4.69) is 0 Å². The molecule has 4 atom stereocenters. The summed E-state index contributed by atoms with van der Waals surface area (Å²) < 4.78 is 34.4. The highest BCUT2D eigenvalue weighted by atomic mass is 31.1. The zero-order valence-electron chi connectivity index (χ0n) is 16.8. The van der Waals surface area contributed by atoms with E-state index in [1.54, 1.807) is 47.6 Å². The van der Waals surface area contributed by atoms with E-state index in [1.165, 1.54) is 13.8 Å². The first-order valence-corrected chi connectivity index (χ1v) is 10.6. The molecular weight excluding hydrogens is 411 g/mol. The number of amides is 1. The molecule has 2 heterocycles. The number of ether oxygens (including phenoxy) is 2. The Morgan fingerprint density at radius 3 is 2.77 bits per heavy atom. The number of carbonyl (C=O) groups excluding carboxylic acids is 1. The molecule has 162 valence electrons. The molecule has 0 aliphatic carbocycles. The first-order chi connectivity index (χ1) is 14.2. The van der Waals surface area contributed by atoms with E-state index in [4.69, 9.17) is 24.3 Å². The fraction of sp³-hybridized carbons (Fsp3) is 0.450. The molecule has 3 N–H and O–H groups in total. The number of hydrogen-bond donors (Lipinski definition) is 2. The zero-order valence-corrected chi connectivity index (χ0v) is 17.7. The molecule has 9 nitrogen and oxygen atoms in total. The lowest BCUT2D eigenvalue weighted by Gasteiger charge is -2.33. The second-order valence-corrected chi connectivity index (χ2v) is 8.35. The summed E-state index contributed by atoms with van der Waals surface area (Å²) in [6.45, 7) is 3.05. The Morgan fingerprint density at radius 1 is 1.37 bits per heavy atom. The van der Waals surface area contributed by atoms with Crippen LogP contribution in [-0.4, -0.2) is 46.7 Å². The minimum atomic E-state index is -2.38. The van der Waals surface area contributed by atoms with Crippen LogP contribution in [0.3, 0.4) is 0 Å². The van der Waals surface area contributed by atoms with Gasteiger partial charge in [0, 0.05) is 29.0 Å². The highest BCUT2D eigenvalue weighted by Crippen LogP contribution is 2.34. The zero-order chi connectivity index (χ0) is 21.7. The van der Waals surface area contributed by atoms with Crippen LogP contribution in [0.15, 0.2) is 54.4 Å². The topological polar surface area (TPSA) is 121 Å². The van der Waals surface area contributed by atoms with Gasteiger partial charge >= 0.3 is 8.25 Å². The second-order valence-electron chi connectivity index (χ2n) is 7.47. The lowest BCUT2D eigenvalue weighted by atomic mass is 10.1. The molecule has 0 aromatic heterocycles. The van der Waals surface area contributed by atoms with Crippen LogP contribution in [0, 0.1) is 0 Å². The number of hydrogen-bond acceptors (Lipinski definition) is 8. The molecule has 0 spiro atoms. The molecule has 0 bridgehead atoms. The smallest absolute Gasteiger partial charge is 0.366 e. The Balaban J connectivity index is 1.63. The molecule has 1 aromatic carbocycles. The highest BCUT2D eigenvalue weighted by molar-refractivity contribution is 7.33. The number of aliphatic hydroxyl groups is 1. The van der Waals surface area contributed by atoms with Crippen molar-refractivity contribution >= 4 is 14.2 Å². The summed E-state index contributed by atoms with van der Waals surface area (Å²) in [5, 5.41) is 10.1. The summed E-state index contributed by atoms with van der Waals surface area (Å²) in [6.07, 6.45) is 4.37. The summed E-state index contributed by atoms with van der Waals surface area (Å²) in [5.74, 6) is -1.47. The average Bonchev–Trinajstić information content (AvgIpc) is 3.08. The van der Waals surface area contributed by atoms with Crippen LogP contribution in [0.1, 0.15) is 26.7 Å². The molecule has 0 saturated carbocycles. The van der Waals surface area contributed by atoms with E-state index in [0.717, 1.165) is 0 Å². The Hall–Kier alpha value is -2.29. The molecule has 10 heteroatoms. The number of para-hydroxylation sites is 1. The number of nitrogens with two attached hydrogens (primary N) is 1. The minimum Gasteiger partial charge on any atom is -0.366 e. The van der Waals surface area contributed by atoms with Gasteiger partial charge in [0.25, 0.3) is 0 Å². The van der Waals surface area contributed by atoms with Crippen molar-refractivity contribution in [2.75, 3.05) is 6.61 Å². The van der Waals surface area contributed by atoms with Crippen molar-refractivity contribution in [3.8, 4) is 5.75 Å². The van der Waals surface area contributed by atoms with E-state index < -0.39 is 38.4 Å². The van der Waals surface area contributed by atoms with Gasteiger partial charge in [0.2, 0.25) is 5.91 Å². The van der Waals surface area contributed by atoms with E-state index in [1.807, 2.05) is 6.07 Å². The summed E-state index contributed by atoms with van der Waals surface area (Å²) in [5.41, 5.74) is 5.82. The lowest BCUT2D eigenvalue weighted by molar-refractivity contribution is -0.224. The molecule has 1 saturated heterocycles. The average molecular weight is 437 g/mol. The van der Waals surface area contributed by atoms with Gasteiger partial charge in [-0.2, -0.15) is 0 Å². The van der Waals surface area contributed by atoms with Crippen LogP contribution in [0.5, 0.6) is 5.75 Å². The molecule has 1 fully saturated rings. The second kappa shape index (κ2) is 9.68. The number of rotatable bonds is 9. The number of carbonyl (C=O) groups is 1. The van der Waals surface area contributed by atoms with Crippen molar-refractivity contribution in [3.63, 3.8) is 0 Å². The van der Waals surface area contributed by atoms with Gasteiger partial charge in [0.1, 0.15) is 12.7 Å². The lowest BCUT2D eigenvalue weighted by Crippen LogP contribution is -2.42. The van der Waals surface area contributed by atoms with Crippen LogP contribution < -0.4 is 10.3 Å². The quantitative estimate of drug-likeness (QED) is 0.447. The highest BCUT2D eigenvalue weighted by Gasteiger charge is 2.43. The van der Waals surface area contributed by atoms with Crippen molar-refractivity contribution in [3.05, 3.63) is 54.4 Å². The third-order valence-electron chi connectivity index (χ3n) is 4.40.